The first kappa shape index (κ1) is 23.0. The van der Waals surface area contributed by atoms with Crippen molar-refractivity contribution < 1.29 is 24.2 Å². The molecule has 3 heterocycles. The summed E-state index contributed by atoms with van der Waals surface area (Å²) in [4.78, 5) is 41.4. The van der Waals surface area contributed by atoms with E-state index in [-0.39, 0.29) is 42.4 Å². The minimum atomic E-state index is -1.00. The van der Waals surface area contributed by atoms with Gasteiger partial charge in [0.1, 0.15) is 11.6 Å². The van der Waals surface area contributed by atoms with Crippen molar-refractivity contribution in [2.24, 2.45) is 17.8 Å². The number of nitrogens with one attached hydrogen (secondary N) is 2. The lowest BCUT2D eigenvalue weighted by Crippen LogP contribution is -2.59. The maximum atomic E-state index is 13.7. The summed E-state index contributed by atoms with van der Waals surface area (Å²) < 4.78 is 6.33. The van der Waals surface area contributed by atoms with E-state index in [9.17, 15) is 19.5 Å². The van der Waals surface area contributed by atoms with Gasteiger partial charge in [0, 0.05) is 13.1 Å². The summed E-state index contributed by atoms with van der Waals surface area (Å²) in [7, 11) is 1.56. The molecule has 3 saturated heterocycles. The molecule has 3 rings (SSSR count). The van der Waals surface area contributed by atoms with E-state index in [2.05, 4.69) is 17.6 Å². The lowest BCUT2D eigenvalue weighted by atomic mass is 9.70. The Morgan fingerprint density at radius 3 is 2.57 bits per heavy atom. The number of hydrogen-bond acceptors (Lipinski definition) is 5. The molecule has 0 saturated carbocycles. The topological polar surface area (TPSA) is 108 Å². The average molecular weight is 424 g/mol. The fourth-order valence-electron chi connectivity index (χ4n) is 5.90. The van der Waals surface area contributed by atoms with E-state index in [4.69, 9.17) is 4.74 Å². The van der Waals surface area contributed by atoms with Crippen molar-refractivity contribution in [3.63, 3.8) is 0 Å². The highest BCUT2D eigenvalue weighted by Crippen LogP contribution is 2.58. The standard InChI is InChI=1S/C22H37N3O5/c1-6-7-13(4)24-20(28)18-22-9-8-15(30-22)16(19(27)23-5)17(22)21(29)25(18)14(11-26)10-12(2)3/h12-18,26H,6-11H2,1-5H3,(H,23,27)(H,24,28)/t13?,14-,15-,16+,17+,18?,22?/m1/s1. The van der Waals surface area contributed by atoms with Crippen LogP contribution in [0.4, 0.5) is 0 Å². The van der Waals surface area contributed by atoms with Crippen LogP contribution in [-0.2, 0) is 19.1 Å². The van der Waals surface area contributed by atoms with E-state index < -0.39 is 29.5 Å². The third-order valence-electron chi connectivity index (χ3n) is 6.99. The molecule has 0 aromatic carbocycles. The Labute approximate surface area is 179 Å². The van der Waals surface area contributed by atoms with Gasteiger partial charge in [-0.05, 0) is 38.5 Å². The molecular formula is C22H37N3O5. The van der Waals surface area contributed by atoms with E-state index >= 15 is 0 Å². The van der Waals surface area contributed by atoms with Crippen molar-refractivity contribution in [1.82, 2.24) is 15.5 Å². The molecule has 170 valence electrons. The van der Waals surface area contributed by atoms with Gasteiger partial charge in [-0.2, -0.15) is 0 Å². The van der Waals surface area contributed by atoms with Gasteiger partial charge in [-0.1, -0.05) is 27.2 Å². The number of hydrogen-bond donors (Lipinski definition) is 3. The Balaban J connectivity index is 2.01. The molecular weight excluding hydrogens is 386 g/mol. The quantitative estimate of drug-likeness (QED) is 0.509. The van der Waals surface area contributed by atoms with Crippen LogP contribution in [0.5, 0.6) is 0 Å². The van der Waals surface area contributed by atoms with Crippen LogP contribution in [0.2, 0.25) is 0 Å². The van der Waals surface area contributed by atoms with Gasteiger partial charge < -0.3 is 25.4 Å². The van der Waals surface area contributed by atoms with Crippen LogP contribution in [0, 0.1) is 17.8 Å². The number of amides is 3. The first-order valence-electron chi connectivity index (χ1n) is 11.3. The highest BCUT2D eigenvalue weighted by molar-refractivity contribution is 5.99. The third kappa shape index (κ3) is 3.62. The van der Waals surface area contributed by atoms with E-state index in [1.165, 1.54) is 0 Å². The van der Waals surface area contributed by atoms with E-state index in [0.717, 1.165) is 12.8 Å². The molecule has 30 heavy (non-hydrogen) atoms. The molecule has 8 nitrogen and oxygen atoms in total. The summed E-state index contributed by atoms with van der Waals surface area (Å²) >= 11 is 0. The largest absolute Gasteiger partial charge is 0.394 e. The predicted molar refractivity (Wildman–Crippen MR) is 111 cm³/mol. The van der Waals surface area contributed by atoms with Crippen molar-refractivity contribution >= 4 is 17.7 Å². The molecule has 7 atom stereocenters. The summed E-state index contributed by atoms with van der Waals surface area (Å²) in [6.07, 6.45) is 3.22. The van der Waals surface area contributed by atoms with Crippen LogP contribution in [0.3, 0.4) is 0 Å². The van der Waals surface area contributed by atoms with Crippen LogP contribution in [0.15, 0.2) is 0 Å². The molecule has 3 unspecified atom stereocenters. The Bertz CT molecular complexity index is 684. The molecule has 8 heteroatoms. The summed E-state index contributed by atoms with van der Waals surface area (Å²) in [5.41, 5.74) is -1.00. The molecule has 3 amide bonds. The van der Waals surface area contributed by atoms with Crippen molar-refractivity contribution in [1.29, 1.82) is 0 Å². The van der Waals surface area contributed by atoms with E-state index in [1.807, 2.05) is 20.8 Å². The van der Waals surface area contributed by atoms with Gasteiger partial charge >= 0.3 is 0 Å². The summed E-state index contributed by atoms with van der Waals surface area (Å²) in [6.45, 7) is 7.83. The smallest absolute Gasteiger partial charge is 0.246 e. The number of carbonyl (C=O) groups excluding carboxylic acids is 3. The summed E-state index contributed by atoms with van der Waals surface area (Å²) in [6, 6.07) is -1.34. The van der Waals surface area contributed by atoms with Gasteiger partial charge in [-0.25, -0.2) is 0 Å². The lowest BCUT2D eigenvalue weighted by molar-refractivity contribution is -0.146. The number of ether oxygens (including phenoxy) is 1. The maximum absolute atomic E-state index is 13.7. The van der Waals surface area contributed by atoms with Crippen LogP contribution in [0.25, 0.3) is 0 Å². The molecule has 3 fully saturated rings. The minimum Gasteiger partial charge on any atom is -0.394 e. The highest BCUT2D eigenvalue weighted by atomic mass is 16.5. The minimum absolute atomic E-state index is 0.0269. The van der Waals surface area contributed by atoms with Crippen molar-refractivity contribution in [2.75, 3.05) is 13.7 Å². The second-order valence-corrected chi connectivity index (χ2v) is 9.58. The molecule has 3 aliphatic rings. The van der Waals surface area contributed by atoms with Gasteiger partial charge in [-0.3, -0.25) is 14.4 Å². The third-order valence-corrected chi connectivity index (χ3v) is 6.99. The Hall–Kier alpha value is -1.67. The van der Waals surface area contributed by atoms with E-state index in [1.54, 1.807) is 11.9 Å². The van der Waals surface area contributed by atoms with Crippen LogP contribution in [0.1, 0.15) is 59.8 Å². The average Bonchev–Trinajstić information content (AvgIpc) is 3.32. The summed E-state index contributed by atoms with van der Waals surface area (Å²) in [5, 5.41) is 15.8. The first-order chi connectivity index (χ1) is 14.2. The Morgan fingerprint density at radius 1 is 1.30 bits per heavy atom. The molecule has 3 N–H and O–H groups in total. The van der Waals surface area contributed by atoms with Gasteiger partial charge in [0.25, 0.3) is 0 Å². The van der Waals surface area contributed by atoms with Gasteiger partial charge in [0.2, 0.25) is 17.7 Å². The molecule has 3 aliphatic heterocycles. The fraction of sp³-hybridized carbons (Fsp3) is 0.864. The number of likely N-dealkylation sites (tertiary alicyclic amines) is 1. The highest BCUT2D eigenvalue weighted by Gasteiger charge is 2.75. The fourth-order valence-corrected chi connectivity index (χ4v) is 5.90. The Morgan fingerprint density at radius 2 is 2.00 bits per heavy atom. The molecule has 1 spiro atoms. The number of aliphatic hydroxyl groups excluding tert-OH is 1. The number of fused-ring (bicyclic) bond motifs is 1. The molecule has 0 aliphatic carbocycles. The van der Waals surface area contributed by atoms with Crippen molar-refractivity contribution in [3.05, 3.63) is 0 Å². The van der Waals surface area contributed by atoms with Crippen LogP contribution in [-0.4, -0.2) is 71.2 Å². The van der Waals surface area contributed by atoms with Gasteiger partial charge in [0.15, 0.2) is 0 Å². The zero-order chi connectivity index (χ0) is 22.2. The number of rotatable bonds is 9. The lowest BCUT2D eigenvalue weighted by Gasteiger charge is -2.37. The first-order valence-corrected chi connectivity index (χ1v) is 11.3. The number of nitrogens with zero attached hydrogens (tertiary/aromatic N) is 1. The zero-order valence-electron chi connectivity index (χ0n) is 18.8. The molecule has 2 bridgehead atoms. The monoisotopic (exact) mass is 423 g/mol. The van der Waals surface area contributed by atoms with Crippen molar-refractivity contribution in [3.8, 4) is 0 Å². The molecule has 0 radical (unpaired) electrons. The maximum Gasteiger partial charge on any atom is 0.246 e. The van der Waals surface area contributed by atoms with Crippen LogP contribution >= 0.6 is 0 Å². The van der Waals surface area contributed by atoms with Gasteiger partial charge in [0.05, 0.1) is 30.6 Å². The van der Waals surface area contributed by atoms with E-state index in [0.29, 0.717) is 19.3 Å². The predicted octanol–water partition coefficient (Wildman–Crippen LogP) is 0.819. The zero-order valence-corrected chi connectivity index (χ0v) is 18.8. The molecule has 0 aromatic rings. The second kappa shape index (κ2) is 8.83. The van der Waals surface area contributed by atoms with Gasteiger partial charge in [-0.15, -0.1) is 0 Å². The Kier molecular flexibility index (Phi) is 6.77. The second-order valence-electron chi connectivity index (χ2n) is 9.58. The summed E-state index contributed by atoms with van der Waals surface area (Å²) in [5.74, 6) is -1.74. The number of aliphatic hydroxyl groups is 1. The normalized spacial score (nSPS) is 34.2. The SMILES string of the molecule is CCCC(C)NC(=O)C1N([C@@H](CO)CC(C)C)C(=O)[C@@H]2[C@@H](C(=O)NC)[C@H]3CCC12O3. The van der Waals surface area contributed by atoms with Crippen molar-refractivity contribution in [2.45, 2.75) is 89.6 Å². The molecule has 0 aromatic heterocycles. The number of carbonyl (C=O) groups is 3. The van der Waals surface area contributed by atoms with Crippen LogP contribution < -0.4 is 10.6 Å².